The van der Waals surface area contributed by atoms with Gasteiger partial charge in [-0.1, -0.05) is 23.7 Å². The summed E-state index contributed by atoms with van der Waals surface area (Å²) in [7, 11) is 3.74. The van der Waals surface area contributed by atoms with Crippen molar-refractivity contribution in [2.45, 2.75) is 32.4 Å². The molecule has 1 aliphatic rings. The van der Waals surface area contributed by atoms with Gasteiger partial charge in [0.1, 0.15) is 0 Å². The summed E-state index contributed by atoms with van der Waals surface area (Å²) in [4.78, 5) is 18.1. The fourth-order valence-corrected chi connectivity index (χ4v) is 2.81. The number of carbonyl (C=O) groups is 1. The molecule has 8 heteroatoms. The zero-order chi connectivity index (χ0) is 18.2. The standard InChI is InChI=1S/C18H27ClN4O2.HI/c1-4-25-18(24)22-16(14-7-8-14)11-21-17(20-2)23(3)12-13-5-9-15(19)10-6-13;/h5-6,9-10,14,16H,4,7-8,11-12H2,1-3H3,(H,20,21)(H,22,24);1H. The first-order valence-electron chi connectivity index (χ1n) is 8.63. The van der Waals surface area contributed by atoms with Gasteiger partial charge in [0, 0.05) is 32.2 Å². The summed E-state index contributed by atoms with van der Waals surface area (Å²) in [6, 6.07) is 7.82. The molecule has 2 N–H and O–H groups in total. The van der Waals surface area contributed by atoms with Crippen molar-refractivity contribution in [3.05, 3.63) is 34.9 Å². The molecule has 6 nitrogen and oxygen atoms in total. The number of nitrogens with zero attached hydrogens (tertiary/aromatic N) is 2. The van der Waals surface area contributed by atoms with Crippen molar-refractivity contribution >= 4 is 47.6 Å². The van der Waals surface area contributed by atoms with Gasteiger partial charge in [-0.15, -0.1) is 24.0 Å². The SMILES string of the molecule is CCOC(=O)NC(CNC(=NC)N(C)Cc1ccc(Cl)cc1)C1CC1.I. The van der Waals surface area contributed by atoms with Crippen molar-refractivity contribution < 1.29 is 9.53 Å². The maximum absolute atomic E-state index is 11.7. The number of alkyl carbamates (subject to hydrolysis) is 1. The Kier molecular flexibility index (Phi) is 10.1. The lowest BCUT2D eigenvalue weighted by atomic mass is 10.2. The molecule has 1 aliphatic carbocycles. The second-order valence-corrected chi connectivity index (χ2v) is 6.66. The van der Waals surface area contributed by atoms with Gasteiger partial charge in [-0.3, -0.25) is 4.99 Å². The molecular formula is C18H28ClIN4O2. The van der Waals surface area contributed by atoms with Crippen LogP contribution in [0.15, 0.2) is 29.3 Å². The van der Waals surface area contributed by atoms with Gasteiger partial charge in [0.2, 0.25) is 0 Å². The molecule has 1 unspecified atom stereocenters. The number of amides is 1. The predicted molar refractivity (Wildman–Crippen MR) is 116 cm³/mol. The lowest BCUT2D eigenvalue weighted by Gasteiger charge is -2.25. The number of guanidine groups is 1. The van der Waals surface area contributed by atoms with Crippen LogP contribution in [0.2, 0.25) is 5.02 Å². The second-order valence-electron chi connectivity index (χ2n) is 6.22. The van der Waals surface area contributed by atoms with Gasteiger partial charge in [-0.2, -0.15) is 0 Å². The van der Waals surface area contributed by atoms with E-state index in [0.29, 0.717) is 19.1 Å². The van der Waals surface area contributed by atoms with E-state index in [1.807, 2.05) is 36.2 Å². The number of nitrogens with one attached hydrogen (secondary N) is 2. The number of hydrogen-bond donors (Lipinski definition) is 2. The molecule has 26 heavy (non-hydrogen) atoms. The van der Waals surface area contributed by atoms with E-state index < -0.39 is 0 Å². The molecule has 0 heterocycles. The van der Waals surface area contributed by atoms with Crippen LogP contribution in [0.4, 0.5) is 4.79 Å². The first-order chi connectivity index (χ1) is 12.0. The minimum Gasteiger partial charge on any atom is -0.450 e. The molecule has 1 aromatic rings. The highest BCUT2D eigenvalue weighted by Crippen LogP contribution is 2.32. The number of aliphatic imine (C=N–C) groups is 1. The van der Waals surface area contributed by atoms with E-state index in [1.165, 1.54) is 0 Å². The molecule has 0 spiro atoms. The summed E-state index contributed by atoms with van der Waals surface area (Å²) in [5.41, 5.74) is 1.15. The molecule has 0 saturated heterocycles. The molecule has 1 atom stereocenters. The number of hydrogen-bond acceptors (Lipinski definition) is 3. The molecule has 0 aromatic heterocycles. The van der Waals surface area contributed by atoms with E-state index in [-0.39, 0.29) is 36.1 Å². The smallest absolute Gasteiger partial charge is 0.407 e. The third-order valence-corrected chi connectivity index (χ3v) is 4.41. The predicted octanol–water partition coefficient (Wildman–Crippen LogP) is 3.49. The Labute approximate surface area is 177 Å². The molecular weight excluding hydrogens is 467 g/mol. The number of benzene rings is 1. The van der Waals surface area contributed by atoms with Crippen LogP contribution in [-0.2, 0) is 11.3 Å². The number of rotatable bonds is 7. The third-order valence-electron chi connectivity index (χ3n) is 4.16. The number of ether oxygens (including phenoxy) is 1. The topological polar surface area (TPSA) is 66.0 Å². The zero-order valence-electron chi connectivity index (χ0n) is 15.5. The van der Waals surface area contributed by atoms with Crippen LogP contribution in [0.25, 0.3) is 0 Å². The lowest BCUT2D eigenvalue weighted by molar-refractivity contribution is 0.146. The maximum Gasteiger partial charge on any atom is 0.407 e. The van der Waals surface area contributed by atoms with Crippen molar-refractivity contribution in [1.82, 2.24) is 15.5 Å². The van der Waals surface area contributed by atoms with Crippen molar-refractivity contribution in [3.8, 4) is 0 Å². The van der Waals surface area contributed by atoms with Crippen LogP contribution in [0.1, 0.15) is 25.3 Å². The molecule has 1 amide bonds. The Morgan fingerprint density at radius 2 is 2.04 bits per heavy atom. The first-order valence-corrected chi connectivity index (χ1v) is 9.00. The van der Waals surface area contributed by atoms with Gasteiger partial charge in [-0.05, 0) is 43.4 Å². The molecule has 0 aliphatic heterocycles. The van der Waals surface area contributed by atoms with Gasteiger partial charge in [0.05, 0.1) is 12.6 Å². The minimum absolute atomic E-state index is 0. The first kappa shape index (κ1) is 22.8. The third kappa shape index (κ3) is 7.57. The monoisotopic (exact) mass is 494 g/mol. The highest BCUT2D eigenvalue weighted by atomic mass is 127. The van der Waals surface area contributed by atoms with Crippen molar-refractivity contribution in [2.24, 2.45) is 10.9 Å². The summed E-state index contributed by atoms with van der Waals surface area (Å²) in [5, 5.41) is 7.02. The fraction of sp³-hybridized carbons (Fsp3) is 0.556. The Hall–Kier alpha value is -1.22. The highest BCUT2D eigenvalue weighted by Gasteiger charge is 2.32. The van der Waals surface area contributed by atoms with Crippen molar-refractivity contribution in [1.29, 1.82) is 0 Å². The van der Waals surface area contributed by atoms with Crippen LogP contribution in [0, 0.1) is 5.92 Å². The molecule has 1 saturated carbocycles. The van der Waals surface area contributed by atoms with E-state index in [2.05, 4.69) is 15.6 Å². The summed E-state index contributed by atoms with van der Waals surface area (Å²) in [5.74, 6) is 1.29. The summed E-state index contributed by atoms with van der Waals surface area (Å²) < 4.78 is 4.99. The second kappa shape index (κ2) is 11.5. The van der Waals surface area contributed by atoms with E-state index in [4.69, 9.17) is 16.3 Å². The van der Waals surface area contributed by atoms with Crippen LogP contribution in [0.3, 0.4) is 0 Å². The summed E-state index contributed by atoms with van der Waals surface area (Å²) >= 11 is 5.93. The quantitative estimate of drug-likeness (QED) is 0.346. The summed E-state index contributed by atoms with van der Waals surface area (Å²) in [6.07, 6.45) is 1.92. The Balaban J connectivity index is 0.00000338. The van der Waals surface area contributed by atoms with Crippen molar-refractivity contribution in [2.75, 3.05) is 27.2 Å². The van der Waals surface area contributed by atoms with E-state index in [9.17, 15) is 4.79 Å². The van der Waals surface area contributed by atoms with E-state index in [1.54, 1.807) is 14.0 Å². The Bertz CT molecular complexity index is 593. The maximum atomic E-state index is 11.7. The zero-order valence-corrected chi connectivity index (χ0v) is 18.6. The molecule has 0 radical (unpaired) electrons. The average Bonchev–Trinajstić information content (AvgIpc) is 3.41. The fourth-order valence-electron chi connectivity index (χ4n) is 2.68. The van der Waals surface area contributed by atoms with Crippen LogP contribution >= 0.6 is 35.6 Å². The van der Waals surface area contributed by atoms with Crippen LogP contribution in [0.5, 0.6) is 0 Å². The van der Waals surface area contributed by atoms with E-state index >= 15 is 0 Å². The van der Waals surface area contributed by atoms with Crippen molar-refractivity contribution in [3.63, 3.8) is 0 Å². The number of halogens is 2. The van der Waals surface area contributed by atoms with Gasteiger partial charge >= 0.3 is 6.09 Å². The van der Waals surface area contributed by atoms with E-state index in [0.717, 1.165) is 35.9 Å². The molecule has 1 fully saturated rings. The lowest BCUT2D eigenvalue weighted by Crippen LogP contribution is -2.48. The Morgan fingerprint density at radius 3 is 2.58 bits per heavy atom. The largest absolute Gasteiger partial charge is 0.450 e. The average molecular weight is 495 g/mol. The van der Waals surface area contributed by atoms with Gasteiger partial charge in [0.15, 0.2) is 5.96 Å². The molecule has 0 bridgehead atoms. The Morgan fingerprint density at radius 1 is 1.38 bits per heavy atom. The van der Waals surface area contributed by atoms with Crippen LogP contribution < -0.4 is 10.6 Å². The van der Waals surface area contributed by atoms with Gasteiger partial charge in [-0.25, -0.2) is 4.79 Å². The molecule has 1 aromatic carbocycles. The van der Waals surface area contributed by atoms with Crippen LogP contribution in [-0.4, -0.2) is 50.2 Å². The highest BCUT2D eigenvalue weighted by molar-refractivity contribution is 14.0. The van der Waals surface area contributed by atoms with Gasteiger partial charge in [0.25, 0.3) is 0 Å². The molecule has 146 valence electrons. The number of carbonyl (C=O) groups excluding carboxylic acids is 1. The molecule has 2 rings (SSSR count). The van der Waals surface area contributed by atoms with Gasteiger partial charge < -0.3 is 20.3 Å². The normalized spacial score (nSPS) is 14.8. The summed E-state index contributed by atoms with van der Waals surface area (Å²) in [6.45, 7) is 3.52. The minimum atomic E-state index is -0.356.